The molecule has 290 valence electrons. The number of piperidine rings is 1. The van der Waals surface area contributed by atoms with Crippen LogP contribution in [0.1, 0.15) is 73.5 Å². The van der Waals surface area contributed by atoms with Gasteiger partial charge in [0.1, 0.15) is 11.6 Å². The smallest absolute Gasteiger partial charge is 0.416 e. The molecular weight excluding hydrogens is 704 g/mol. The molecule has 4 aliphatic heterocycles. The summed E-state index contributed by atoms with van der Waals surface area (Å²) < 4.78 is 87.3. The minimum Gasteiger partial charge on any atom is -0.444 e. The van der Waals surface area contributed by atoms with Crippen molar-refractivity contribution in [2.24, 2.45) is 0 Å². The lowest BCUT2D eigenvalue weighted by Crippen LogP contribution is -2.67. The molecule has 0 saturated carbocycles. The zero-order chi connectivity index (χ0) is 38.3. The number of halogens is 6. The summed E-state index contributed by atoms with van der Waals surface area (Å²) in [6.07, 6.45) is -7.75. The number of carbonyl (C=O) groups excluding carboxylic acids is 3. The molecule has 2 aromatic carbocycles. The van der Waals surface area contributed by atoms with Gasteiger partial charge in [0.2, 0.25) is 5.91 Å². The Labute approximate surface area is 305 Å². The number of carbonyl (C=O) groups is 3. The molecule has 0 radical (unpaired) electrons. The molecule has 4 fully saturated rings. The topological polar surface area (TPSA) is 76.6 Å². The standard InChI is InChI=1S/C38H47F6N5O4/c1-36(2,3)53-35(52)49-12-7-10-32(49)34(51)47-23-31(24-47)46-16-14-45(15-17-46)29-11-13-48(30(22-29)18-25-8-5-4-6-9-25)33(50)26-19-27(37(39,40)41)21-28(20-26)38(42,43)44/h4-6,8-9,19-21,29-32H,7,10-18,22-24H2,1-3H3/t29?,30-,32?/m1/s1. The molecule has 3 amide bonds. The Kier molecular flexibility index (Phi) is 11.1. The number of alkyl halides is 6. The number of hydrogen-bond donors (Lipinski definition) is 0. The Morgan fingerprint density at radius 2 is 1.32 bits per heavy atom. The number of ether oxygens (including phenoxy) is 1. The first-order valence-electron chi connectivity index (χ1n) is 18.3. The summed E-state index contributed by atoms with van der Waals surface area (Å²) in [6.45, 7) is 10.3. The number of amides is 3. The molecule has 0 N–H and O–H groups in total. The second-order valence-corrected chi connectivity index (χ2v) is 15.6. The van der Waals surface area contributed by atoms with Crippen molar-refractivity contribution in [2.75, 3.05) is 52.4 Å². The molecule has 2 aromatic rings. The van der Waals surface area contributed by atoms with E-state index in [1.54, 1.807) is 25.7 Å². The molecule has 4 aliphatic rings. The van der Waals surface area contributed by atoms with E-state index in [1.807, 2.05) is 35.2 Å². The van der Waals surface area contributed by atoms with Gasteiger partial charge in [0, 0.05) is 76.0 Å². The average molecular weight is 752 g/mol. The lowest BCUT2D eigenvalue weighted by atomic mass is 9.90. The molecule has 0 aliphatic carbocycles. The minimum absolute atomic E-state index is 0.0406. The van der Waals surface area contributed by atoms with Crippen LogP contribution in [-0.4, -0.2) is 125 Å². The third-order valence-corrected chi connectivity index (χ3v) is 10.8. The summed E-state index contributed by atoms with van der Waals surface area (Å²) >= 11 is 0. The highest BCUT2D eigenvalue weighted by Gasteiger charge is 2.45. The summed E-state index contributed by atoms with van der Waals surface area (Å²) in [7, 11) is 0. The van der Waals surface area contributed by atoms with E-state index in [0.717, 1.165) is 38.2 Å². The molecule has 6 rings (SSSR count). The van der Waals surface area contributed by atoms with E-state index in [9.17, 15) is 40.7 Å². The quantitative estimate of drug-likeness (QED) is 0.329. The summed E-state index contributed by atoms with van der Waals surface area (Å²) in [4.78, 5) is 49.4. The van der Waals surface area contributed by atoms with Gasteiger partial charge in [-0.1, -0.05) is 30.3 Å². The van der Waals surface area contributed by atoms with Crippen LogP contribution >= 0.6 is 0 Å². The van der Waals surface area contributed by atoms with Crippen molar-refractivity contribution in [3.63, 3.8) is 0 Å². The number of piperazine rings is 1. The maximum absolute atomic E-state index is 13.8. The molecule has 9 nitrogen and oxygen atoms in total. The van der Waals surface area contributed by atoms with E-state index < -0.39 is 58.7 Å². The van der Waals surface area contributed by atoms with Gasteiger partial charge in [-0.3, -0.25) is 24.3 Å². The molecule has 4 saturated heterocycles. The Balaban J connectivity index is 1.07. The van der Waals surface area contributed by atoms with Crippen molar-refractivity contribution < 1.29 is 45.5 Å². The van der Waals surface area contributed by atoms with Crippen molar-refractivity contribution in [1.29, 1.82) is 0 Å². The third kappa shape index (κ3) is 9.10. The molecule has 2 unspecified atom stereocenters. The van der Waals surface area contributed by atoms with Gasteiger partial charge in [0.05, 0.1) is 11.1 Å². The van der Waals surface area contributed by atoms with Gasteiger partial charge in [0.25, 0.3) is 5.91 Å². The van der Waals surface area contributed by atoms with Gasteiger partial charge in [-0.2, -0.15) is 26.3 Å². The van der Waals surface area contributed by atoms with E-state index in [4.69, 9.17) is 4.74 Å². The van der Waals surface area contributed by atoms with Crippen LogP contribution in [0, 0.1) is 0 Å². The van der Waals surface area contributed by atoms with Crippen LogP contribution in [-0.2, 0) is 28.3 Å². The lowest BCUT2D eigenvalue weighted by Gasteiger charge is -2.51. The molecule has 15 heteroatoms. The number of benzene rings is 2. The Hall–Kier alpha value is -3.85. The van der Waals surface area contributed by atoms with Crippen molar-refractivity contribution >= 4 is 17.9 Å². The predicted molar refractivity (Wildman–Crippen MR) is 184 cm³/mol. The largest absolute Gasteiger partial charge is 0.444 e. The van der Waals surface area contributed by atoms with Gasteiger partial charge in [-0.05, 0) is 76.6 Å². The van der Waals surface area contributed by atoms with Crippen LogP contribution in [0.3, 0.4) is 0 Å². The zero-order valence-electron chi connectivity index (χ0n) is 30.3. The molecule has 3 atom stereocenters. The average Bonchev–Trinajstić information content (AvgIpc) is 3.57. The van der Waals surface area contributed by atoms with Crippen molar-refractivity contribution in [3.05, 3.63) is 70.8 Å². The molecular formula is C38H47F6N5O4. The molecule has 53 heavy (non-hydrogen) atoms. The highest BCUT2D eigenvalue weighted by Crippen LogP contribution is 2.37. The first kappa shape index (κ1) is 38.9. The Morgan fingerprint density at radius 3 is 1.89 bits per heavy atom. The van der Waals surface area contributed by atoms with E-state index >= 15 is 0 Å². The summed E-state index contributed by atoms with van der Waals surface area (Å²) in [5, 5.41) is 0. The maximum atomic E-state index is 13.8. The normalized spacial score (nSPS) is 23.9. The van der Waals surface area contributed by atoms with Gasteiger partial charge in [-0.25, -0.2) is 4.79 Å². The monoisotopic (exact) mass is 751 g/mol. The van der Waals surface area contributed by atoms with Gasteiger partial charge < -0.3 is 14.5 Å². The summed E-state index contributed by atoms with van der Waals surface area (Å²) in [5.74, 6) is -0.893. The lowest BCUT2D eigenvalue weighted by molar-refractivity contribution is -0.144. The Bertz CT molecular complexity index is 1600. The first-order valence-corrected chi connectivity index (χ1v) is 18.3. The van der Waals surface area contributed by atoms with Crippen LogP contribution in [0.15, 0.2) is 48.5 Å². The van der Waals surface area contributed by atoms with Crippen LogP contribution in [0.25, 0.3) is 0 Å². The second kappa shape index (κ2) is 15.1. The number of nitrogens with zero attached hydrogens (tertiary/aromatic N) is 5. The summed E-state index contributed by atoms with van der Waals surface area (Å²) in [6, 6.07) is 9.74. The molecule has 4 heterocycles. The fourth-order valence-corrected chi connectivity index (χ4v) is 8.06. The number of hydrogen-bond acceptors (Lipinski definition) is 6. The van der Waals surface area contributed by atoms with Crippen molar-refractivity contribution in [2.45, 2.75) is 95.0 Å². The van der Waals surface area contributed by atoms with Gasteiger partial charge >= 0.3 is 18.4 Å². The number of rotatable bonds is 6. The fourth-order valence-electron chi connectivity index (χ4n) is 8.06. The van der Waals surface area contributed by atoms with Crippen molar-refractivity contribution in [3.8, 4) is 0 Å². The third-order valence-electron chi connectivity index (χ3n) is 10.8. The Morgan fingerprint density at radius 1 is 0.736 bits per heavy atom. The van der Waals surface area contributed by atoms with Crippen LogP contribution in [0.4, 0.5) is 31.1 Å². The summed E-state index contributed by atoms with van der Waals surface area (Å²) in [5.41, 5.74) is -3.38. The van der Waals surface area contributed by atoms with Gasteiger partial charge in [-0.15, -0.1) is 0 Å². The molecule has 0 bridgehead atoms. The van der Waals surface area contributed by atoms with Crippen LogP contribution < -0.4 is 0 Å². The zero-order valence-corrected chi connectivity index (χ0v) is 30.3. The maximum Gasteiger partial charge on any atom is 0.416 e. The van der Waals surface area contributed by atoms with E-state index in [2.05, 4.69) is 9.80 Å². The number of likely N-dealkylation sites (tertiary alicyclic amines) is 3. The first-order chi connectivity index (χ1) is 24.9. The predicted octanol–water partition coefficient (Wildman–Crippen LogP) is 6.17. The van der Waals surface area contributed by atoms with Crippen LogP contribution in [0.5, 0.6) is 0 Å². The van der Waals surface area contributed by atoms with E-state index in [0.29, 0.717) is 57.5 Å². The highest BCUT2D eigenvalue weighted by molar-refractivity contribution is 5.95. The van der Waals surface area contributed by atoms with E-state index in [-0.39, 0.29) is 30.6 Å². The minimum atomic E-state index is -5.05. The SMILES string of the molecule is CC(C)(C)OC(=O)N1CCCC1C(=O)N1CC(N2CCN(C3CCN(C(=O)c4cc(C(F)(F)F)cc(C(F)(F)F)c4)[C@H](Cc4ccccc4)C3)CC2)C1. The van der Waals surface area contributed by atoms with Crippen LogP contribution in [0.2, 0.25) is 0 Å². The molecule has 0 aromatic heterocycles. The fraction of sp³-hybridized carbons (Fsp3) is 0.605. The highest BCUT2D eigenvalue weighted by atomic mass is 19.4. The molecule has 0 spiro atoms. The second-order valence-electron chi connectivity index (χ2n) is 15.6. The van der Waals surface area contributed by atoms with Crippen molar-refractivity contribution in [1.82, 2.24) is 24.5 Å². The van der Waals surface area contributed by atoms with E-state index in [1.165, 1.54) is 4.90 Å². The van der Waals surface area contributed by atoms with Gasteiger partial charge in [0.15, 0.2) is 0 Å².